The summed E-state index contributed by atoms with van der Waals surface area (Å²) >= 11 is 7.62. The van der Waals surface area contributed by atoms with Crippen molar-refractivity contribution in [3.63, 3.8) is 0 Å². The number of piperidine rings is 1. The van der Waals surface area contributed by atoms with Crippen molar-refractivity contribution in [1.29, 1.82) is 0 Å². The lowest BCUT2D eigenvalue weighted by Gasteiger charge is -2.31. The fourth-order valence-corrected chi connectivity index (χ4v) is 3.35. The van der Waals surface area contributed by atoms with Crippen molar-refractivity contribution in [2.45, 2.75) is 24.7 Å². The van der Waals surface area contributed by atoms with Gasteiger partial charge in [0.1, 0.15) is 0 Å². The van der Waals surface area contributed by atoms with Gasteiger partial charge in [-0.05, 0) is 36.8 Å². The summed E-state index contributed by atoms with van der Waals surface area (Å²) in [6.45, 7) is 2.86. The van der Waals surface area contributed by atoms with Crippen LogP contribution in [0.1, 0.15) is 19.8 Å². The summed E-state index contributed by atoms with van der Waals surface area (Å²) in [7, 11) is 0. The summed E-state index contributed by atoms with van der Waals surface area (Å²) in [6, 6.07) is 5.11. The molecule has 0 radical (unpaired) electrons. The molecule has 1 heterocycles. The molecule has 0 aromatic heterocycles. The molecule has 2 amide bonds. The molecular formula is C15H19ClN2O3S. The second-order valence-corrected chi connectivity index (χ2v) is 6.87. The summed E-state index contributed by atoms with van der Waals surface area (Å²) in [6.07, 6.45) is 1.32. The van der Waals surface area contributed by atoms with Crippen molar-refractivity contribution in [1.82, 2.24) is 4.90 Å². The van der Waals surface area contributed by atoms with E-state index in [1.54, 1.807) is 28.8 Å². The second-order valence-electron chi connectivity index (χ2n) is 5.13. The van der Waals surface area contributed by atoms with E-state index in [1.165, 1.54) is 0 Å². The van der Waals surface area contributed by atoms with Crippen LogP contribution in [0.15, 0.2) is 23.1 Å². The predicted octanol–water partition coefficient (Wildman–Crippen LogP) is 3.78. The van der Waals surface area contributed by atoms with E-state index < -0.39 is 11.9 Å². The van der Waals surface area contributed by atoms with Crippen molar-refractivity contribution in [2.75, 3.05) is 24.2 Å². The first-order valence-electron chi connectivity index (χ1n) is 7.22. The van der Waals surface area contributed by atoms with Crippen molar-refractivity contribution >= 4 is 41.1 Å². The van der Waals surface area contributed by atoms with Gasteiger partial charge in [0, 0.05) is 23.0 Å². The maximum atomic E-state index is 12.4. The number of carboxylic acids is 1. The first-order chi connectivity index (χ1) is 10.5. The topological polar surface area (TPSA) is 69.6 Å². The van der Waals surface area contributed by atoms with E-state index in [9.17, 15) is 9.59 Å². The minimum Gasteiger partial charge on any atom is -0.481 e. The molecule has 1 fully saturated rings. The Morgan fingerprint density at radius 2 is 2.27 bits per heavy atom. The SMILES string of the molecule is CCSc1ccc(Cl)cc1NC(=O)N1CCCC(C(=O)O)C1. The third-order valence-electron chi connectivity index (χ3n) is 3.54. The van der Waals surface area contributed by atoms with Gasteiger partial charge in [0.15, 0.2) is 0 Å². The van der Waals surface area contributed by atoms with Gasteiger partial charge in [0.25, 0.3) is 0 Å². The molecule has 1 aromatic rings. The van der Waals surface area contributed by atoms with Gasteiger partial charge in [-0.15, -0.1) is 11.8 Å². The van der Waals surface area contributed by atoms with Crippen molar-refractivity contribution in [3.8, 4) is 0 Å². The number of urea groups is 1. The fraction of sp³-hybridized carbons (Fsp3) is 0.467. The number of benzene rings is 1. The Hall–Kier alpha value is -1.40. The second kappa shape index (κ2) is 7.74. The normalized spacial score (nSPS) is 18.1. The third-order valence-corrected chi connectivity index (χ3v) is 4.73. The molecule has 2 rings (SSSR count). The van der Waals surface area contributed by atoms with Gasteiger partial charge in [-0.1, -0.05) is 18.5 Å². The van der Waals surface area contributed by atoms with E-state index in [2.05, 4.69) is 5.32 Å². The zero-order valence-corrected chi connectivity index (χ0v) is 13.9. The lowest BCUT2D eigenvalue weighted by atomic mass is 9.99. The molecule has 22 heavy (non-hydrogen) atoms. The predicted molar refractivity (Wildman–Crippen MR) is 88.8 cm³/mol. The molecule has 0 aliphatic carbocycles. The van der Waals surface area contributed by atoms with Crippen LogP contribution in [-0.2, 0) is 4.79 Å². The van der Waals surface area contributed by atoms with Crippen LogP contribution in [0.3, 0.4) is 0 Å². The zero-order valence-electron chi connectivity index (χ0n) is 12.3. The molecule has 2 N–H and O–H groups in total. The molecule has 7 heteroatoms. The molecule has 5 nitrogen and oxygen atoms in total. The summed E-state index contributed by atoms with van der Waals surface area (Å²) in [5, 5.41) is 12.5. The molecule has 0 spiro atoms. The Kier molecular flexibility index (Phi) is 5.97. The molecule has 1 atom stereocenters. The zero-order chi connectivity index (χ0) is 16.1. The highest BCUT2D eigenvalue weighted by atomic mass is 35.5. The Morgan fingerprint density at radius 3 is 2.95 bits per heavy atom. The van der Waals surface area contributed by atoms with Gasteiger partial charge in [0.2, 0.25) is 0 Å². The molecule has 1 aliphatic heterocycles. The number of likely N-dealkylation sites (tertiary alicyclic amines) is 1. The van der Waals surface area contributed by atoms with Crippen LogP contribution >= 0.6 is 23.4 Å². The van der Waals surface area contributed by atoms with E-state index in [-0.39, 0.29) is 12.6 Å². The largest absolute Gasteiger partial charge is 0.481 e. The summed E-state index contributed by atoms with van der Waals surface area (Å²) < 4.78 is 0. The van der Waals surface area contributed by atoms with Gasteiger partial charge in [-0.2, -0.15) is 0 Å². The van der Waals surface area contributed by atoms with Crippen LogP contribution < -0.4 is 5.32 Å². The first-order valence-corrected chi connectivity index (χ1v) is 8.58. The van der Waals surface area contributed by atoms with Gasteiger partial charge in [-0.3, -0.25) is 4.79 Å². The van der Waals surface area contributed by atoms with Gasteiger partial charge in [-0.25, -0.2) is 4.79 Å². The Morgan fingerprint density at radius 1 is 1.50 bits per heavy atom. The van der Waals surface area contributed by atoms with E-state index in [1.807, 2.05) is 13.0 Å². The molecule has 1 aliphatic rings. The summed E-state index contributed by atoms with van der Waals surface area (Å²) in [5.74, 6) is -0.444. The van der Waals surface area contributed by atoms with Gasteiger partial charge in [0.05, 0.1) is 11.6 Å². The highest BCUT2D eigenvalue weighted by Gasteiger charge is 2.28. The van der Waals surface area contributed by atoms with Crippen LogP contribution in [0.25, 0.3) is 0 Å². The quantitative estimate of drug-likeness (QED) is 0.817. The van der Waals surface area contributed by atoms with E-state index in [0.29, 0.717) is 30.1 Å². The number of carbonyl (C=O) groups is 2. The van der Waals surface area contributed by atoms with Crippen LogP contribution in [0, 0.1) is 5.92 Å². The van der Waals surface area contributed by atoms with Crippen molar-refractivity contribution < 1.29 is 14.7 Å². The van der Waals surface area contributed by atoms with Crippen molar-refractivity contribution in [2.24, 2.45) is 5.92 Å². The van der Waals surface area contributed by atoms with Gasteiger partial charge >= 0.3 is 12.0 Å². The number of carboxylic acid groups (broad SMARTS) is 1. The first kappa shape index (κ1) is 17.0. The highest BCUT2D eigenvalue weighted by molar-refractivity contribution is 7.99. The highest BCUT2D eigenvalue weighted by Crippen LogP contribution is 2.30. The number of hydrogen-bond donors (Lipinski definition) is 2. The number of nitrogens with one attached hydrogen (secondary N) is 1. The number of rotatable bonds is 4. The lowest BCUT2D eigenvalue weighted by molar-refractivity contribution is -0.143. The maximum absolute atomic E-state index is 12.4. The van der Waals surface area contributed by atoms with E-state index in [0.717, 1.165) is 10.6 Å². The maximum Gasteiger partial charge on any atom is 0.321 e. The molecule has 0 saturated carbocycles. The minimum atomic E-state index is -0.845. The summed E-state index contributed by atoms with van der Waals surface area (Å²) in [4.78, 5) is 26.0. The molecule has 1 unspecified atom stereocenters. The number of nitrogens with zero attached hydrogens (tertiary/aromatic N) is 1. The number of thioether (sulfide) groups is 1. The molecular weight excluding hydrogens is 324 g/mol. The molecule has 1 saturated heterocycles. The number of anilines is 1. The van der Waals surface area contributed by atoms with E-state index >= 15 is 0 Å². The average molecular weight is 343 g/mol. The number of amides is 2. The molecule has 1 aromatic carbocycles. The summed E-state index contributed by atoms with van der Waals surface area (Å²) in [5.41, 5.74) is 0.668. The lowest BCUT2D eigenvalue weighted by Crippen LogP contribution is -2.44. The fourth-order valence-electron chi connectivity index (χ4n) is 2.44. The van der Waals surface area contributed by atoms with Crippen LogP contribution in [0.4, 0.5) is 10.5 Å². The molecule has 0 bridgehead atoms. The number of carbonyl (C=O) groups excluding carboxylic acids is 1. The number of hydrogen-bond acceptors (Lipinski definition) is 3. The smallest absolute Gasteiger partial charge is 0.321 e. The average Bonchev–Trinajstić information content (AvgIpc) is 2.50. The Bertz CT molecular complexity index is 568. The Labute approximate surface area is 139 Å². The minimum absolute atomic E-state index is 0.248. The molecule has 120 valence electrons. The Balaban J connectivity index is 2.08. The third kappa shape index (κ3) is 4.30. The number of aliphatic carboxylic acids is 1. The van der Waals surface area contributed by atoms with Crippen LogP contribution in [0.2, 0.25) is 5.02 Å². The van der Waals surface area contributed by atoms with E-state index in [4.69, 9.17) is 16.7 Å². The standard InChI is InChI=1S/C15H19ClN2O3S/c1-2-22-13-6-5-11(16)8-12(13)17-15(21)18-7-3-4-10(9-18)14(19)20/h5-6,8,10H,2-4,7,9H2,1H3,(H,17,21)(H,19,20). The monoisotopic (exact) mass is 342 g/mol. The van der Waals surface area contributed by atoms with Crippen LogP contribution in [-0.4, -0.2) is 40.8 Å². The van der Waals surface area contributed by atoms with Crippen LogP contribution in [0.5, 0.6) is 0 Å². The number of halogens is 1. The van der Waals surface area contributed by atoms with Gasteiger partial charge < -0.3 is 15.3 Å². The van der Waals surface area contributed by atoms with Crippen molar-refractivity contribution in [3.05, 3.63) is 23.2 Å².